The van der Waals surface area contributed by atoms with E-state index in [1.807, 2.05) is 13.0 Å². The predicted molar refractivity (Wildman–Crippen MR) is 108 cm³/mol. The van der Waals surface area contributed by atoms with E-state index >= 15 is 0 Å². The SMILES string of the molecule is CCOc1cc(CN2CCC(O)(c3ccc(C)cc3)CC2)c(C)cc1OC. The van der Waals surface area contributed by atoms with Crippen molar-refractivity contribution in [2.24, 2.45) is 0 Å². The molecule has 0 unspecified atom stereocenters. The summed E-state index contributed by atoms with van der Waals surface area (Å²) in [6, 6.07) is 12.4. The van der Waals surface area contributed by atoms with Gasteiger partial charge < -0.3 is 14.6 Å². The van der Waals surface area contributed by atoms with Gasteiger partial charge in [-0.2, -0.15) is 0 Å². The minimum Gasteiger partial charge on any atom is -0.493 e. The van der Waals surface area contributed by atoms with E-state index in [9.17, 15) is 5.11 Å². The molecule has 0 aromatic heterocycles. The lowest BCUT2D eigenvalue weighted by molar-refractivity contribution is -0.0277. The zero-order valence-electron chi connectivity index (χ0n) is 16.9. The Bertz CT molecular complexity index is 762. The van der Waals surface area contributed by atoms with Crippen LogP contribution in [-0.2, 0) is 12.1 Å². The first kappa shape index (κ1) is 19.7. The van der Waals surface area contributed by atoms with Gasteiger partial charge >= 0.3 is 0 Å². The van der Waals surface area contributed by atoms with Gasteiger partial charge in [0.2, 0.25) is 0 Å². The molecule has 146 valence electrons. The van der Waals surface area contributed by atoms with Crippen LogP contribution < -0.4 is 9.47 Å². The van der Waals surface area contributed by atoms with Crippen molar-refractivity contribution < 1.29 is 14.6 Å². The van der Waals surface area contributed by atoms with Crippen molar-refractivity contribution in [1.29, 1.82) is 0 Å². The van der Waals surface area contributed by atoms with Crippen LogP contribution in [0.2, 0.25) is 0 Å². The summed E-state index contributed by atoms with van der Waals surface area (Å²) in [7, 11) is 1.67. The zero-order valence-corrected chi connectivity index (χ0v) is 16.9. The molecule has 1 fully saturated rings. The number of benzene rings is 2. The maximum Gasteiger partial charge on any atom is 0.161 e. The van der Waals surface area contributed by atoms with Crippen LogP contribution in [0.1, 0.15) is 42.0 Å². The van der Waals surface area contributed by atoms with Crippen molar-refractivity contribution in [1.82, 2.24) is 4.90 Å². The molecule has 0 atom stereocenters. The van der Waals surface area contributed by atoms with Gasteiger partial charge in [0, 0.05) is 19.6 Å². The van der Waals surface area contributed by atoms with E-state index < -0.39 is 5.60 Å². The number of hydrogen-bond donors (Lipinski definition) is 1. The fraction of sp³-hybridized carbons (Fsp3) is 0.478. The number of methoxy groups -OCH3 is 1. The Balaban J connectivity index is 1.68. The normalized spacial score (nSPS) is 16.9. The number of aliphatic hydroxyl groups is 1. The van der Waals surface area contributed by atoms with E-state index in [0.717, 1.165) is 49.5 Å². The highest BCUT2D eigenvalue weighted by molar-refractivity contribution is 5.47. The molecule has 0 radical (unpaired) electrons. The fourth-order valence-corrected chi connectivity index (χ4v) is 3.78. The van der Waals surface area contributed by atoms with E-state index in [-0.39, 0.29) is 0 Å². The summed E-state index contributed by atoms with van der Waals surface area (Å²) in [5, 5.41) is 11.1. The molecule has 1 aliphatic heterocycles. The van der Waals surface area contributed by atoms with Crippen LogP contribution in [0.25, 0.3) is 0 Å². The average Bonchev–Trinajstić information content (AvgIpc) is 2.66. The molecule has 2 aromatic rings. The van der Waals surface area contributed by atoms with Crippen molar-refractivity contribution >= 4 is 0 Å². The Morgan fingerprint density at radius 2 is 1.70 bits per heavy atom. The number of piperidine rings is 1. The topological polar surface area (TPSA) is 41.9 Å². The molecular formula is C23H31NO3. The molecule has 0 saturated carbocycles. The maximum atomic E-state index is 11.1. The Morgan fingerprint density at radius 1 is 1.04 bits per heavy atom. The van der Waals surface area contributed by atoms with Crippen LogP contribution in [0.4, 0.5) is 0 Å². The summed E-state index contributed by atoms with van der Waals surface area (Å²) in [5.41, 5.74) is 4.00. The molecule has 27 heavy (non-hydrogen) atoms. The first-order valence-corrected chi connectivity index (χ1v) is 9.77. The molecule has 0 amide bonds. The zero-order chi connectivity index (χ0) is 19.4. The fourth-order valence-electron chi connectivity index (χ4n) is 3.78. The molecule has 1 aliphatic rings. The minimum atomic E-state index is -0.713. The van der Waals surface area contributed by atoms with Crippen molar-refractivity contribution in [3.63, 3.8) is 0 Å². The summed E-state index contributed by atoms with van der Waals surface area (Å²) < 4.78 is 11.2. The van der Waals surface area contributed by atoms with Gasteiger partial charge in [-0.15, -0.1) is 0 Å². The third kappa shape index (κ3) is 4.45. The molecule has 1 heterocycles. The Morgan fingerprint density at radius 3 is 2.30 bits per heavy atom. The first-order chi connectivity index (χ1) is 12.9. The van der Waals surface area contributed by atoms with E-state index in [1.54, 1.807) is 7.11 Å². The van der Waals surface area contributed by atoms with Crippen molar-refractivity contribution in [2.75, 3.05) is 26.8 Å². The lowest BCUT2D eigenvalue weighted by atomic mass is 9.84. The first-order valence-electron chi connectivity index (χ1n) is 9.77. The highest BCUT2D eigenvalue weighted by Crippen LogP contribution is 2.35. The standard InChI is InChI=1S/C23H31NO3/c1-5-27-22-15-19(18(3)14-21(22)26-4)16-24-12-10-23(25,11-13-24)20-8-6-17(2)7-9-20/h6-9,14-15,25H,5,10-13,16H2,1-4H3. The van der Waals surface area contributed by atoms with Crippen LogP contribution in [0.3, 0.4) is 0 Å². The monoisotopic (exact) mass is 369 g/mol. The van der Waals surface area contributed by atoms with Crippen LogP contribution in [0.5, 0.6) is 11.5 Å². The quantitative estimate of drug-likeness (QED) is 0.829. The second kappa shape index (κ2) is 8.32. The Labute approximate surface area is 162 Å². The number of rotatable bonds is 6. The van der Waals surface area contributed by atoms with Crippen LogP contribution in [0, 0.1) is 13.8 Å². The minimum absolute atomic E-state index is 0.617. The predicted octanol–water partition coefficient (Wildman–Crippen LogP) is 4.19. The number of aryl methyl sites for hydroxylation is 2. The molecule has 1 saturated heterocycles. The number of hydrogen-bond acceptors (Lipinski definition) is 4. The molecule has 4 nitrogen and oxygen atoms in total. The molecule has 2 aromatic carbocycles. The lowest BCUT2D eigenvalue weighted by Crippen LogP contribution is -2.42. The van der Waals surface area contributed by atoms with Gasteiger partial charge in [0.05, 0.1) is 19.3 Å². The lowest BCUT2D eigenvalue weighted by Gasteiger charge is -2.38. The van der Waals surface area contributed by atoms with Crippen LogP contribution in [-0.4, -0.2) is 36.8 Å². The summed E-state index contributed by atoms with van der Waals surface area (Å²) in [5.74, 6) is 1.58. The second-order valence-corrected chi connectivity index (χ2v) is 7.54. The number of nitrogens with zero attached hydrogens (tertiary/aromatic N) is 1. The van der Waals surface area contributed by atoms with Crippen LogP contribution in [0.15, 0.2) is 36.4 Å². The third-order valence-electron chi connectivity index (χ3n) is 5.59. The molecular weight excluding hydrogens is 338 g/mol. The molecule has 0 spiro atoms. The molecule has 4 heteroatoms. The smallest absolute Gasteiger partial charge is 0.161 e. The van der Waals surface area contributed by atoms with Crippen molar-refractivity contribution in [3.8, 4) is 11.5 Å². The van der Waals surface area contributed by atoms with E-state index in [1.165, 1.54) is 16.7 Å². The third-order valence-corrected chi connectivity index (χ3v) is 5.59. The Kier molecular flexibility index (Phi) is 6.08. The molecule has 0 bridgehead atoms. The number of ether oxygens (including phenoxy) is 2. The van der Waals surface area contributed by atoms with Gasteiger partial charge in [-0.05, 0) is 62.4 Å². The largest absolute Gasteiger partial charge is 0.493 e. The van der Waals surface area contributed by atoms with Crippen LogP contribution >= 0.6 is 0 Å². The molecule has 0 aliphatic carbocycles. The summed E-state index contributed by atoms with van der Waals surface area (Å²) in [6.07, 6.45) is 1.51. The summed E-state index contributed by atoms with van der Waals surface area (Å²) in [6.45, 7) is 9.39. The second-order valence-electron chi connectivity index (χ2n) is 7.54. The van der Waals surface area contributed by atoms with E-state index in [2.05, 4.69) is 49.1 Å². The molecule has 1 N–H and O–H groups in total. The van der Waals surface area contributed by atoms with Gasteiger partial charge in [0.15, 0.2) is 11.5 Å². The highest BCUT2D eigenvalue weighted by atomic mass is 16.5. The number of likely N-dealkylation sites (tertiary alicyclic amines) is 1. The van der Waals surface area contributed by atoms with Gasteiger partial charge in [0.25, 0.3) is 0 Å². The van der Waals surface area contributed by atoms with Crippen molar-refractivity contribution in [2.45, 2.75) is 45.8 Å². The van der Waals surface area contributed by atoms with E-state index in [4.69, 9.17) is 9.47 Å². The average molecular weight is 370 g/mol. The molecule has 3 rings (SSSR count). The summed E-state index contributed by atoms with van der Waals surface area (Å²) in [4.78, 5) is 2.41. The van der Waals surface area contributed by atoms with Gasteiger partial charge in [0.1, 0.15) is 0 Å². The Hall–Kier alpha value is -2.04. The van der Waals surface area contributed by atoms with E-state index in [0.29, 0.717) is 6.61 Å². The summed E-state index contributed by atoms with van der Waals surface area (Å²) >= 11 is 0. The highest BCUT2D eigenvalue weighted by Gasteiger charge is 2.34. The maximum absolute atomic E-state index is 11.1. The van der Waals surface area contributed by atoms with Gasteiger partial charge in [-0.25, -0.2) is 0 Å². The van der Waals surface area contributed by atoms with Gasteiger partial charge in [-0.3, -0.25) is 4.90 Å². The van der Waals surface area contributed by atoms with Crippen molar-refractivity contribution in [3.05, 3.63) is 58.7 Å². The van der Waals surface area contributed by atoms with Gasteiger partial charge in [-0.1, -0.05) is 29.8 Å².